The summed E-state index contributed by atoms with van der Waals surface area (Å²) in [7, 11) is -3.59. The van der Waals surface area contributed by atoms with Gasteiger partial charge in [0.1, 0.15) is 0 Å². The number of halogens is 2. The summed E-state index contributed by atoms with van der Waals surface area (Å²) in [6.07, 6.45) is 0.941. The van der Waals surface area contributed by atoms with Crippen LogP contribution < -0.4 is 4.72 Å². The number of carboxylic acids is 1. The molecule has 0 fully saturated rings. The topological polar surface area (TPSA) is 83.5 Å². The first-order valence-electron chi connectivity index (χ1n) is 5.49. The minimum absolute atomic E-state index is 0.0359. The van der Waals surface area contributed by atoms with Gasteiger partial charge in [0.05, 0.1) is 9.92 Å². The Balaban J connectivity index is 2.56. The van der Waals surface area contributed by atoms with Crippen molar-refractivity contribution < 1.29 is 18.3 Å². The molecule has 0 aliphatic heterocycles. The number of hydrogen-bond donors (Lipinski definition) is 2. The van der Waals surface area contributed by atoms with Gasteiger partial charge in [-0.05, 0) is 47.0 Å². The van der Waals surface area contributed by atoms with Gasteiger partial charge < -0.3 is 5.11 Å². The Kier molecular flexibility index (Phi) is 6.25. The van der Waals surface area contributed by atoms with Crippen LogP contribution in [0.4, 0.5) is 0 Å². The summed E-state index contributed by atoms with van der Waals surface area (Å²) in [5.74, 6) is -0.885. The van der Waals surface area contributed by atoms with Crippen molar-refractivity contribution in [3.05, 3.63) is 27.7 Å². The lowest BCUT2D eigenvalue weighted by molar-refractivity contribution is -0.137. The molecule has 0 bridgehead atoms. The highest BCUT2D eigenvalue weighted by molar-refractivity contribution is 9.10. The second-order valence-corrected chi connectivity index (χ2v) is 6.85. The van der Waals surface area contributed by atoms with Crippen LogP contribution in [0.25, 0.3) is 0 Å². The monoisotopic (exact) mass is 369 g/mol. The largest absolute Gasteiger partial charge is 0.481 e. The fourth-order valence-corrected chi connectivity index (χ4v) is 3.08. The summed E-state index contributed by atoms with van der Waals surface area (Å²) in [5.41, 5.74) is 0. The van der Waals surface area contributed by atoms with Crippen molar-refractivity contribution in [2.45, 2.75) is 24.2 Å². The lowest BCUT2D eigenvalue weighted by Gasteiger charge is -2.07. The maximum atomic E-state index is 11.9. The number of sulfonamides is 1. The smallest absolute Gasteiger partial charge is 0.303 e. The Hall–Kier alpha value is -0.630. The normalized spacial score (nSPS) is 11.5. The molecule has 0 amide bonds. The van der Waals surface area contributed by atoms with Gasteiger partial charge in [-0.3, -0.25) is 4.79 Å². The summed E-state index contributed by atoms with van der Waals surface area (Å²) in [4.78, 5) is 10.4. The number of unbranched alkanes of at least 4 members (excludes halogenated alkanes) is 1. The number of rotatable bonds is 7. The third-order valence-electron chi connectivity index (χ3n) is 2.31. The van der Waals surface area contributed by atoms with E-state index in [1.54, 1.807) is 0 Å². The maximum Gasteiger partial charge on any atom is 0.303 e. The van der Waals surface area contributed by atoms with E-state index in [0.717, 1.165) is 0 Å². The Labute approximate surface area is 125 Å². The molecular formula is C11H13BrClNO4S. The number of aliphatic carboxylic acids is 1. The highest BCUT2D eigenvalue weighted by Gasteiger charge is 2.14. The number of carbonyl (C=O) groups is 1. The Morgan fingerprint density at radius 2 is 2.05 bits per heavy atom. The molecule has 0 aliphatic rings. The van der Waals surface area contributed by atoms with Gasteiger partial charge in [-0.2, -0.15) is 0 Å². The molecule has 2 N–H and O–H groups in total. The summed E-state index contributed by atoms with van der Waals surface area (Å²) >= 11 is 8.95. The molecule has 8 heteroatoms. The van der Waals surface area contributed by atoms with E-state index in [9.17, 15) is 13.2 Å². The lowest BCUT2D eigenvalue weighted by atomic mass is 10.2. The van der Waals surface area contributed by atoms with Crippen molar-refractivity contribution in [2.24, 2.45) is 0 Å². The van der Waals surface area contributed by atoms with Crippen molar-refractivity contribution >= 4 is 43.5 Å². The van der Waals surface area contributed by atoms with E-state index >= 15 is 0 Å². The van der Waals surface area contributed by atoms with Crippen LogP contribution in [-0.2, 0) is 14.8 Å². The van der Waals surface area contributed by atoms with E-state index in [2.05, 4.69) is 20.7 Å². The fraction of sp³-hybridized carbons (Fsp3) is 0.364. The number of carboxylic acid groups (broad SMARTS) is 1. The summed E-state index contributed by atoms with van der Waals surface area (Å²) < 4.78 is 26.7. The van der Waals surface area contributed by atoms with E-state index in [1.165, 1.54) is 18.2 Å². The molecule has 19 heavy (non-hydrogen) atoms. The fourth-order valence-electron chi connectivity index (χ4n) is 1.34. The van der Waals surface area contributed by atoms with Crippen molar-refractivity contribution in [3.63, 3.8) is 0 Å². The first-order chi connectivity index (χ1) is 8.83. The van der Waals surface area contributed by atoms with Crippen LogP contribution in [0.1, 0.15) is 19.3 Å². The molecule has 0 aliphatic carbocycles. The standard InChI is InChI=1S/C11H13BrClNO4S/c12-9-7-8(4-5-10(9)13)19(17,18)14-6-2-1-3-11(15)16/h4-5,7,14H,1-3,6H2,(H,15,16). The van der Waals surface area contributed by atoms with Gasteiger partial charge in [0.15, 0.2) is 0 Å². The second-order valence-electron chi connectivity index (χ2n) is 3.82. The van der Waals surface area contributed by atoms with Crippen LogP contribution in [0.5, 0.6) is 0 Å². The number of nitrogens with one attached hydrogen (secondary N) is 1. The van der Waals surface area contributed by atoms with E-state index < -0.39 is 16.0 Å². The Morgan fingerprint density at radius 3 is 2.63 bits per heavy atom. The molecule has 0 saturated carbocycles. The molecule has 0 aromatic heterocycles. The van der Waals surface area contributed by atoms with E-state index in [0.29, 0.717) is 22.3 Å². The molecular weight excluding hydrogens is 358 g/mol. The van der Waals surface area contributed by atoms with Crippen molar-refractivity contribution in [3.8, 4) is 0 Å². The maximum absolute atomic E-state index is 11.9. The average molecular weight is 371 g/mol. The van der Waals surface area contributed by atoms with Gasteiger partial charge in [-0.15, -0.1) is 0 Å². The lowest BCUT2D eigenvalue weighted by Crippen LogP contribution is -2.24. The predicted octanol–water partition coefficient (Wildman–Crippen LogP) is 2.64. The van der Waals surface area contributed by atoms with E-state index in [1.807, 2.05) is 0 Å². The molecule has 0 heterocycles. The van der Waals surface area contributed by atoms with Gasteiger partial charge in [0, 0.05) is 17.4 Å². The zero-order chi connectivity index (χ0) is 14.5. The minimum atomic E-state index is -3.59. The Bertz CT molecular complexity index is 562. The average Bonchev–Trinajstić information content (AvgIpc) is 2.31. The van der Waals surface area contributed by atoms with Crippen LogP contribution in [0.3, 0.4) is 0 Å². The molecule has 0 radical (unpaired) electrons. The molecule has 1 rings (SSSR count). The summed E-state index contributed by atoms with van der Waals surface area (Å²) in [5, 5.41) is 8.88. The molecule has 0 saturated heterocycles. The Morgan fingerprint density at radius 1 is 1.37 bits per heavy atom. The predicted molar refractivity (Wildman–Crippen MR) is 75.8 cm³/mol. The van der Waals surface area contributed by atoms with E-state index in [-0.39, 0.29) is 17.9 Å². The zero-order valence-corrected chi connectivity index (χ0v) is 13.1. The van der Waals surface area contributed by atoms with Crippen LogP contribution >= 0.6 is 27.5 Å². The van der Waals surface area contributed by atoms with Crippen molar-refractivity contribution in [1.29, 1.82) is 0 Å². The highest BCUT2D eigenvalue weighted by atomic mass is 79.9. The first kappa shape index (κ1) is 16.4. The molecule has 0 spiro atoms. The SMILES string of the molecule is O=C(O)CCCCNS(=O)(=O)c1ccc(Cl)c(Br)c1. The quantitative estimate of drug-likeness (QED) is 0.723. The second kappa shape index (κ2) is 7.23. The molecule has 1 aromatic rings. The van der Waals surface area contributed by atoms with Crippen LogP contribution in [0.15, 0.2) is 27.6 Å². The van der Waals surface area contributed by atoms with Crippen LogP contribution in [-0.4, -0.2) is 26.0 Å². The number of benzene rings is 1. The zero-order valence-electron chi connectivity index (χ0n) is 9.90. The van der Waals surface area contributed by atoms with Crippen molar-refractivity contribution in [1.82, 2.24) is 4.72 Å². The van der Waals surface area contributed by atoms with Crippen LogP contribution in [0, 0.1) is 0 Å². The van der Waals surface area contributed by atoms with Crippen molar-refractivity contribution in [2.75, 3.05) is 6.54 Å². The third kappa shape index (κ3) is 5.48. The first-order valence-corrected chi connectivity index (χ1v) is 8.15. The molecule has 0 atom stereocenters. The van der Waals surface area contributed by atoms with Gasteiger partial charge in [-0.1, -0.05) is 11.6 Å². The van der Waals surface area contributed by atoms with E-state index in [4.69, 9.17) is 16.7 Å². The van der Waals surface area contributed by atoms with Gasteiger partial charge in [-0.25, -0.2) is 13.1 Å². The third-order valence-corrected chi connectivity index (χ3v) is 4.98. The minimum Gasteiger partial charge on any atom is -0.481 e. The highest BCUT2D eigenvalue weighted by Crippen LogP contribution is 2.25. The number of hydrogen-bond acceptors (Lipinski definition) is 3. The molecule has 0 unspecified atom stereocenters. The van der Waals surface area contributed by atoms with Gasteiger partial charge in [0.25, 0.3) is 0 Å². The molecule has 106 valence electrons. The van der Waals surface area contributed by atoms with Gasteiger partial charge >= 0.3 is 5.97 Å². The summed E-state index contributed by atoms with van der Waals surface area (Å²) in [6, 6.07) is 4.32. The summed E-state index contributed by atoms with van der Waals surface area (Å²) in [6.45, 7) is 0.204. The molecule has 1 aromatic carbocycles. The molecule has 5 nitrogen and oxygen atoms in total. The van der Waals surface area contributed by atoms with Crippen LogP contribution in [0.2, 0.25) is 5.02 Å². The van der Waals surface area contributed by atoms with Gasteiger partial charge in [0.2, 0.25) is 10.0 Å².